The average Bonchev–Trinajstić information content (AvgIpc) is 3.04. The molecule has 4 unspecified atom stereocenters. The van der Waals surface area contributed by atoms with Crippen molar-refractivity contribution in [3.8, 4) is 0 Å². The second kappa shape index (κ2) is 7.17. The van der Waals surface area contributed by atoms with Crippen LogP contribution in [0.25, 0.3) is 0 Å². The minimum Gasteiger partial charge on any atom is -0.481 e. The van der Waals surface area contributed by atoms with Crippen LogP contribution in [0.4, 0.5) is 13.2 Å². The number of carboxylic acid groups (broad SMARTS) is 1. The molecule has 0 amide bonds. The molecule has 2 saturated carbocycles. The van der Waals surface area contributed by atoms with Gasteiger partial charge < -0.3 is 5.11 Å². The lowest BCUT2D eigenvalue weighted by atomic mass is 9.79. The van der Waals surface area contributed by atoms with Gasteiger partial charge in [-0.25, -0.2) is 0 Å². The summed E-state index contributed by atoms with van der Waals surface area (Å²) in [5, 5.41) is 12.5. The largest absolute Gasteiger partial charge is 0.481 e. The predicted molar refractivity (Wildman–Crippen MR) is 79.5 cm³/mol. The summed E-state index contributed by atoms with van der Waals surface area (Å²) < 4.78 is 38.2. The maximum Gasteiger partial charge on any atom is 0.391 e. The number of rotatable bonds is 3. The van der Waals surface area contributed by atoms with E-state index in [2.05, 4.69) is 10.8 Å². The molecule has 2 aliphatic carbocycles. The van der Waals surface area contributed by atoms with Crippen LogP contribution in [0, 0.1) is 23.7 Å². The van der Waals surface area contributed by atoms with E-state index >= 15 is 0 Å². The second-order valence-electron chi connectivity index (χ2n) is 7.42. The third kappa shape index (κ3) is 4.03. The molecule has 1 heterocycles. The predicted octanol–water partition coefficient (Wildman–Crippen LogP) is 3.02. The van der Waals surface area contributed by atoms with Gasteiger partial charge in [-0.3, -0.25) is 14.9 Å². The normalized spacial score (nSPS) is 41.3. The fourth-order valence-electron chi connectivity index (χ4n) is 4.36. The molecule has 138 valence electrons. The van der Waals surface area contributed by atoms with Crippen molar-refractivity contribution in [2.45, 2.75) is 69.9 Å². The van der Waals surface area contributed by atoms with E-state index < -0.39 is 18.1 Å². The van der Waals surface area contributed by atoms with Crippen LogP contribution in [0.2, 0.25) is 0 Å². The second-order valence-corrected chi connectivity index (χ2v) is 7.42. The molecule has 3 N–H and O–H groups in total. The van der Waals surface area contributed by atoms with Crippen LogP contribution in [0.3, 0.4) is 0 Å². The SMILES string of the molecule is O=C(O)C1CCCC(C2NOC(C3CCC(C(F)(F)F)CC3)N2)C1. The lowest BCUT2D eigenvalue weighted by molar-refractivity contribution is -0.186. The van der Waals surface area contributed by atoms with Gasteiger partial charge in [0, 0.05) is 5.92 Å². The number of alkyl halides is 3. The Balaban J connectivity index is 1.48. The van der Waals surface area contributed by atoms with E-state index in [1.807, 2.05) is 0 Å². The van der Waals surface area contributed by atoms with Crippen molar-refractivity contribution in [2.75, 3.05) is 0 Å². The molecule has 24 heavy (non-hydrogen) atoms. The van der Waals surface area contributed by atoms with Crippen LogP contribution in [0.5, 0.6) is 0 Å². The van der Waals surface area contributed by atoms with Gasteiger partial charge >= 0.3 is 12.1 Å². The Hall–Kier alpha value is -0.860. The van der Waals surface area contributed by atoms with Crippen LogP contribution in [-0.4, -0.2) is 29.6 Å². The summed E-state index contributed by atoms with van der Waals surface area (Å²) in [7, 11) is 0. The van der Waals surface area contributed by atoms with Crippen molar-refractivity contribution in [3.63, 3.8) is 0 Å². The summed E-state index contributed by atoms with van der Waals surface area (Å²) in [4.78, 5) is 16.8. The van der Waals surface area contributed by atoms with Gasteiger partial charge in [-0.05, 0) is 50.9 Å². The summed E-state index contributed by atoms with van der Waals surface area (Å²) in [5.41, 5.74) is 2.95. The molecule has 5 nitrogen and oxygen atoms in total. The fourth-order valence-corrected chi connectivity index (χ4v) is 4.36. The Morgan fingerprint density at radius 2 is 1.75 bits per heavy atom. The smallest absolute Gasteiger partial charge is 0.391 e. The maximum absolute atomic E-state index is 12.7. The minimum absolute atomic E-state index is 0.0694. The zero-order valence-corrected chi connectivity index (χ0v) is 13.5. The third-order valence-electron chi connectivity index (χ3n) is 5.86. The summed E-state index contributed by atoms with van der Waals surface area (Å²) >= 11 is 0. The third-order valence-corrected chi connectivity index (χ3v) is 5.86. The van der Waals surface area contributed by atoms with E-state index in [0.29, 0.717) is 25.7 Å². The molecule has 1 saturated heterocycles. The first-order chi connectivity index (χ1) is 11.3. The van der Waals surface area contributed by atoms with E-state index in [-0.39, 0.29) is 43.0 Å². The molecule has 0 aromatic rings. The van der Waals surface area contributed by atoms with E-state index in [4.69, 9.17) is 4.84 Å². The van der Waals surface area contributed by atoms with Crippen LogP contribution in [0.1, 0.15) is 51.4 Å². The number of carboxylic acids is 1. The van der Waals surface area contributed by atoms with Crippen LogP contribution < -0.4 is 10.8 Å². The highest BCUT2D eigenvalue weighted by molar-refractivity contribution is 5.70. The van der Waals surface area contributed by atoms with Crippen LogP contribution >= 0.6 is 0 Å². The molecule has 3 rings (SSSR count). The highest BCUT2D eigenvalue weighted by atomic mass is 19.4. The van der Waals surface area contributed by atoms with Gasteiger partial charge in [0.1, 0.15) is 6.23 Å². The van der Waals surface area contributed by atoms with Crippen LogP contribution in [-0.2, 0) is 9.63 Å². The van der Waals surface area contributed by atoms with Gasteiger partial charge in [0.15, 0.2) is 0 Å². The molecule has 8 heteroatoms. The molecule has 0 bridgehead atoms. The zero-order chi connectivity index (χ0) is 17.3. The van der Waals surface area contributed by atoms with E-state index in [1.165, 1.54) is 0 Å². The van der Waals surface area contributed by atoms with Crippen molar-refractivity contribution in [1.82, 2.24) is 10.8 Å². The number of hydrogen-bond acceptors (Lipinski definition) is 4. The van der Waals surface area contributed by atoms with Gasteiger partial charge in [0.25, 0.3) is 0 Å². The number of halogens is 3. The molecule has 0 aromatic carbocycles. The molecule has 0 spiro atoms. The molecule has 3 aliphatic rings. The Bertz CT molecular complexity index is 452. The maximum atomic E-state index is 12.7. The lowest BCUT2D eigenvalue weighted by Crippen LogP contribution is -2.45. The molecule has 3 fully saturated rings. The number of hydrogen-bond donors (Lipinski definition) is 3. The Morgan fingerprint density at radius 3 is 2.38 bits per heavy atom. The quantitative estimate of drug-likeness (QED) is 0.730. The monoisotopic (exact) mass is 350 g/mol. The molecule has 0 aromatic heterocycles. The number of nitrogens with one attached hydrogen (secondary N) is 2. The average molecular weight is 350 g/mol. The number of aliphatic carboxylic acids is 1. The van der Waals surface area contributed by atoms with Gasteiger partial charge in [-0.1, -0.05) is 6.42 Å². The fraction of sp³-hybridized carbons (Fsp3) is 0.938. The van der Waals surface area contributed by atoms with Gasteiger partial charge in [-0.2, -0.15) is 18.7 Å². The van der Waals surface area contributed by atoms with Crippen molar-refractivity contribution in [1.29, 1.82) is 0 Å². The molecule has 0 radical (unpaired) electrons. The number of hydroxylamine groups is 1. The Labute approximate surface area is 139 Å². The summed E-state index contributed by atoms with van der Waals surface area (Å²) in [6.07, 6.45) is -0.0431. The van der Waals surface area contributed by atoms with Crippen molar-refractivity contribution in [2.24, 2.45) is 23.7 Å². The molecular formula is C16H25F3N2O3. The first kappa shape index (κ1) is 17.9. The van der Waals surface area contributed by atoms with E-state index in [1.54, 1.807) is 0 Å². The Kier molecular flexibility index (Phi) is 5.36. The first-order valence-electron chi connectivity index (χ1n) is 8.81. The van der Waals surface area contributed by atoms with Crippen molar-refractivity contribution >= 4 is 5.97 Å². The topological polar surface area (TPSA) is 70.6 Å². The number of carbonyl (C=O) groups is 1. The summed E-state index contributed by atoms with van der Waals surface area (Å²) in [6, 6.07) is 0. The highest BCUT2D eigenvalue weighted by Gasteiger charge is 2.44. The van der Waals surface area contributed by atoms with Crippen molar-refractivity contribution < 1.29 is 27.9 Å². The van der Waals surface area contributed by atoms with E-state index in [0.717, 1.165) is 12.8 Å². The first-order valence-corrected chi connectivity index (χ1v) is 8.81. The van der Waals surface area contributed by atoms with Gasteiger partial charge in [0.2, 0.25) is 0 Å². The zero-order valence-electron chi connectivity index (χ0n) is 13.5. The van der Waals surface area contributed by atoms with E-state index in [9.17, 15) is 23.1 Å². The highest BCUT2D eigenvalue weighted by Crippen LogP contribution is 2.41. The molecular weight excluding hydrogens is 325 g/mol. The molecule has 4 atom stereocenters. The summed E-state index contributed by atoms with van der Waals surface area (Å²) in [6.45, 7) is 0. The van der Waals surface area contributed by atoms with Crippen LogP contribution in [0.15, 0.2) is 0 Å². The van der Waals surface area contributed by atoms with Crippen molar-refractivity contribution in [3.05, 3.63) is 0 Å². The van der Waals surface area contributed by atoms with Gasteiger partial charge in [-0.15, -0.1) is 0 Å². The summed E-state index contributed by atoms with van der Waals surface area (Å²) in [5.74, 6) is -2.00. The molecule has 1 aliphatic heterocycles. The standard InChI is InChI=1S/C16H25F3N2O3/c17-16(18,19)12-6-4-9(5-7-12)14-20-13(21-24-14)10-2-1-3-11(8-10)15(22)23/h9-14,20-21H,1-8H2,(H,22,23). The van der Waals surface area contributed by atoms with Gasteiger partial charge in [0.05, 0.1) is 18.0 Å². The lowest BCUT2D eigenvalue weighted by Gasteiger charge is -2.33. The minimum atomic E-state index is -4.09. The Morgan fingerprint density at radius 1 is 1.04 bits per heavy atom.